The van der Waals surface area contributed by atoms with E-state index < -0.39 is 0 Å². The largest absolute Gasteiger partial charge is 0.379 e. The van der Waals surface area contributed by atoms with Gasteiger partial charge in [-0.15, -0.1) is 0 Å². The summed E-state index contributed by atoms with van der Waals surface area (Å²) in [5, 5.41) is 6.37. The average Bonchev–Trinajstić information content (AvgIpc) is 2.69. The third-order valence-corrected chi connectivity index (χ3v) is 3.35. The molecule has 1 saturated heterocycles. The summed E-state index contributed by atoms with van der Waals surface area (Å²) in [6, 6.07) is 0.525. The summed E-state index contributed by atoms with van der Waals surface area (Å²) in [6.07, 6.45) is 3.72. The Kier molecular flexibility index (Phi) is 5.40. The van der Waals surface area contributed by atoms with Crippen LogP contribution in [0.1, 0.15) is 46.5 Å². The van der Waals surface area contributed by atoms with Gasteiger partial charge < -0.3 is 15.4 Å². The highest BCUT2D eigenvalue weighted by Gasteiger charge is 2.23. The van der Waals surface area contributed by atoms with Crippen LogP contribution < -0.4 is 10.6 Å². The van der Waals surface area contributed by atoms with E-state index in [-0.39, 0.29) is 17.6 Å². The second kappa shape index (κ2) is 6.36. The van der Waals surface area contributed by atoms with Gasteiger partial charge in [-0.25, -0.2) is 0 Å². The van der Waals surface area contributed by atoms with Crippen LogP contribution in [0.25, 0.3) is 0 Å². The van der Waals surface area contributed by atoms with Gasteiger partial charge in [-0.05, 0) is 46.6 Å². The first-order valence-corrected chi connectivity index (χ1v) is 6.51. The normalized spacial score (nSPS) is 22.5. The number of hydrogen-bond acceptors (Lipinski definition) is 3. The first-order valence-electron chi connectivity index (χ1n) is 6.51. The van der Waals surface area contributed by atoms with Gasteiger partial charge in [0.05, 0.1) is 5.60 Å². The summed E-state index contributed by atoms with van der Waals surface area (Å²) in [5.41, 5.74) is -0.182. The van der Waals surface area contributed by atoms with E-state index in [0.29, 0.717) is 12.5 Å². The number of nitrogens with one attached hydrogen (secondary N) is 2. The Morgan fingerprint density at radius 1 is 1.59 bits per heavy atom. The van der Waals surface area contributed by atoms with E-state index in [2.05, 4.69) is 10.6 Å². The van der Waals surface area contributed by atoms with Gasteiger partial charge in [0.1, 0.15) is 0 Å². The summed E-state index contributed by atoms with van der Waals surface area (Å²) in [7, 11) is 1.71. The Balaban J connectivity index is 2.25. The highest BCUT2D eigenvalue weighted by atomic mass is 16.5. The van der Waals surface area contributed by atoms with Gasteiger partial charge in [0.25, 0.3) is 0 Å². The first-order chi connectivity index (χ1) is 7.93. The predicted octanol–water partition coefficient (Wildman–Crippen LogP) is 1.45. The third-order valence-electron chi connectivity index (χ3n) is 3.35. The number of methoxy groups -OCH3 is 1. The quantitative estimate of drug-likeness (QED) is 0.741. The van der Waals surface area contributed by atoms with Crippen LogP contribution in [-0.4, -0.2) is 37.2 Å². The standard InChI is InChI=1S/C13H26N2O2/c1-10(9-13(2,3)17-4)15-12(16)8-11-6-5-7-14-11/h10-11,14H,5-9H2,1-4H3,(H,15,16). The minimum absolute atomic E-state index is 0.142. The molecular formula is C13H26N2O2. The molecule has 1 rings (SSSR count). The molecule has 2 atom stereocenters. The third kappa shape index (κ3) is 5.50. The maximum atomic E-state index is 11.8. The lowest BCUT2D eigenvalue weighted by Gasteiger charge is -2.27. The van der Waals surface area contributed by atoms with Crippen LogP contribution in [0, 0.1) is 0 Å². The smallest absolute Gasteiger partial charge is 0.221 e. The average molecular weight is 242 g/mol. The van der Waals surface area contributed by atoms with Gasteiger partial charge in [0.2, 0.25) is 5.91 Å². The van der Waals surface area contributed by atoms with Crippen molar-refractivity contribution in [3.8, 4) is 0 Å². The first kappa shape index (κ1) is 14.5. The summed E-state index contributed by atoms with van der Waals surface area (Å²) >= 11 is 0. The Morgan fingerprint density at radius 3 is 2.82 bits per heavy atom. The lowest BCUT2D eigenvalue weighted by molar-refractivity contribution is -0.122. The van der Waals surface area contributed by atoms with Crippen molar-refractivity contribution < 1.29 is 9.53 Å². The van der Waals surface area contributed by atoms with Crippen molar-refractivity contribution in [1.29, 1.82) is 0 Å². The lowest BCUT2D eigenvalue weighted by atomic mass is 9.99. The minimum atomic E-state index is -0.182. The SMILES string of the molecule is COC(C)(C)CC(C)NC(=O)CC1CCCN1. The highest BCUT2D eigenvalue weighted by Crippen LogP contribution is 2.15. The van der Waals surface area contributed by atoms with Gasteiger partial charge >= 0.3 is 0 Å². The van der Waals surface area contributed by atoms with E-state index in [1.165, 1.54) is 6.42 Å². The molecule has 4 heteroatoms. The van der Waals surface area contributed by atoms with Gasteiger partial charge in [-0.3, -0.25) is 4.79 Å². The molecule has 1 heterocycles. The zero-order chi connectivity index (χ0) is 12.9. The fraction of sp³-hybridized carbons (Fsp3) is 0.923. The van der Waals surface area contributed by atoms with Crippen LogP contribution in [0.3, 0.4) is 0 Å². The summed E-state index contributed by atoms with van der Waals surface area (Å²) in [6.45, 7) is 7.15. The van der Waals surface area contributed by atoms with Gasteiger partial charge in [0, 0.05) is 25.6 Å². The van der Waals surface area contributed by atoms with Crippen LogP contribution in [0.5, 0.6) is 0 Å². The Hall–Kier alpha value is -0.610. The summed E-state index contributed by atoms with van der Waals surface area (Å²) in [4.78, 5) is 11.8. The maximum Gasteiger partial charge on any atom is 0.221 e. The molecule has 0 aromatic heterocycles. The summed E-state index contributed by atoms with van der Waals surface area (Å²) in [5.74, 6) is 0.142. The molecule has 17 heavy (non-hydrogen) atoms. The number of rotatable bonds is 6. The van der Waals surface area contributed by atoms with E-state index in [9.17, 15) is 4.79 Å². The molecular weight excluding hydrogens is 216 g/mol. The molecule has 0 aliphatic carbocycles. The Labute approximate surface area is 104 Å². The predicted molar refractivity (Wildman–Crippen MR) is 69.0 cm³/mol. The molecule has 0 spiro atoms. The van der Waals surface area contributed by atoms with E-state index >= 15 is 0 Å². The van der Waals surface area contributed by atoms with E-state index in [1.807, 2.05) is 20.8 Å². The molecule has 0 saturated carbocycles. The van der Waals surface area contributed by atoms with Crippen LogP contribution in [0.2, 0.25) is 0 Å². The highest BCUT2D eigenvalue weighted by molar-refractivity contribution is 5.76. The molecule has 100 valence electrons. The van der Waals surface area contributed by atoms with Crippen molar-refractivity contribution in [2.45, 2.75) is 64.1 Å². The second-order valence-corrected chi connectivity index (χ2v) is 5.63. The molecule has 0 aromatic carbocycles. The second-order valence-electron chi connectivity index (χ2n) is 5.63. The molecule has 2 N–H and O–H groups in total. The molecule has 1 aliphatic heterocycles. The fourth-order valence-corrected chi connectivity index (χ4v) is 2.36. The molecule has 4 nitrogen and oxygen atoms in total. The molecule has 2 unspecified atom stereocenters. The molecule has 0 radical (unpaired) electrons. The summed E-state index contributed by atoms with van der Waals surface area (Å²) < 4.78 is 5.36. The minimum Gasteiger partial charge on any atom is -0.379 e. The number of amides is 1. The lowest BCUT2D eigenvalue weighted by Crippen LogP contribution is -2.40. The van der Waals surface area contributed by atoms with Crippen molar-refractivity contribution in [2.75, 3.05) is 13.7 Å². The molecule has 0 bridgehead atoms. The van der Waals surface area contributed by atoms with Gasteiger partial charge in [-0.2, -0.15) is 0 Å². The van der Waals surface area contributed by atoms with Crippen molar-refractivity contribution in [1.82, 2.24) is 10.6 Å². The van der Waals surface area contributed by atoms with Crippen molar-refractivity contribution >= 4 is 5.91 Å². The monoisotopic (exact) mass is 242 g/mol. The molecule has 0 aromatic rings. The van der Waals surface area contributed by atoms with Crippen LogP contribution in [-0.2, 0) is 9.53 Å². The van der Waals surface area contributed by atoms with Crippen molar-refractivity contribution in [3.63, 3.8) is 0 Å². The van der Waals surface area contributed by atoms with Gasteiger partial charge in [0.15, 0.2) is 0 Å². The van der Waals surface area contributed by atoms with Crippen molar-refractivity contribution in [2.24, 2.45) is 0 Å². The van der Waals surface area contributed by atoms with E-state index in [4.69, 9.17) is 4.74 Å². The van der Waals surface area contributed by atoms with Crippen LogP contribution in [0.4, 0.5) is 0 Å². The number of carbonyl (C=O) groups excluding carboxylic acids is 1. The Morgan fingerprint density at radius 2 is 2.29 bits per heavy atom. The topological polar surface area (TPSA) is 50.4 Å². The molecule has 1 fully saturated rings. The zero-order valence-corrected chi connectivity index (χ0v) is 11.5. The van der Waals surface area contributed by atoms with Crippen LogP contribution >= 0.6 is 0 Å². The zero-order valence-electron chi connectivity index (χ0n) is 11.5. The van der Waals surface area contributed by atoms with E-state index in [0.717, 1.165) is 19.4 Å². The molecule has 1 aliphatic rings. The number of ether oxygens (including phenoxy) is 1. The Bertz CT molecular complexity index is 248. The number of carbonyl (C=O) groups is 1. The van der Waals surface area contributed by atoms with E-state index in [1.54, 1.807) is 7.11 Å². The maximum absolute atomic E-state index is 11.8. The van der Waals surface area contributed by atoms with Gasteiger partial charge in [-0.1, -0.05) is 0 Å². The number of hydrogen-bond donors (Lipinski definition) is 2. The van der Waals surface area contributed by atoms with Crippen molar-refractivity contribution in [3.05, 3.63) is 0 Å². The molecule has 1 amide bonds. The fourth-order valence-electron chi connectivity index (χ4n) is 2.36. The van der Waals surface area contributed by atoms with Crippen LogP contribution in [0.15, 0.2) is 0 Å².